The van der Waals surface area contributed by atoms with Crippen molar-refractivity contribution in [2.24, 2.45) is 0 Å². The van der Waals surface area contributed by atoms with Crippen LogP contribution < -0.4 is 5.32 Å². The molecule has 0 heterocycles. The molecule has 0 aliphatic rings. The Morgan fingerprint density at radius 3 is 1.92 bits per heavy atom. The molecule has 0 spiro atoms. The number of hydrogen-bond acceptors (Lipinski definition) is 2. The number of aliphatic hydroxyl groups is 1. The van der Waals surface area contributed by atoms with Crippen molar-refractivity contribution >= 4 is 11.6 Å². The van der Waals surface area contributed by atoms with Gasteiger partial charge < -0.3 is 10.4 Å². The Hall–Kier alpha value is -2.13. The second kappa shape index (κ2) is 7.63. The molecule has 3 aromatic carbocycles. The molecule has 3 aromatic rings. The fourth-order valence-electron chi connectivity index (χ4n) is 2.79. The number of rotatable bonds is 6. The molecule has 1 atom stereocenters. The van der Waals surface area contributed by atoms with E-state index in [1.54, 1.807) is 0 Å². The maximum Gasteiger partial charge on any atom is 0.127 e. The first-order valence-electron chi connectivity index (χ1n) is 7.97. The Labute approximate surface area is 147 Å². The molecule has 0 unspecified atom stereocenters. The van der Waals surface area contributed by atoms with Gasteiger partial charge in [0.2, 0.25) is 0 Å². The van der Waals surface area contributed by atoms with Gasteiger partial charge in [0.25, 0.3) is 0 Å². The third-order valence-corrected chi connectivity index (χ3v) is 4.38. The molecular formula is C21H20ClNO. The molecular weight excluding hydrogens is 318 g/mol. The molecule has 122 valence electrons. The fourth-order valence-corrected chi connectivity index (χ4v) is 2.92. The lowest BCUT2D eigenvalue weighted by Crippen LogP contribution is -2.39. The number of benzene rings is 3. The third kappa shape index (κ3) is 3.85. The summed E-state index contributed by atoms with van der Waals surface area (Å²) in [5.41, 5.74) is 1.75. The summed E-state index contributed by atoms with van der Waals surface area (Å²) in [6.45, 7) is 1.11. The normalized spacial score (nSPS) is 13.4. The Morgan fingerprint density at radius 1 is 0.750 bits per heavy atom. The summed E-state index contributed by atoms with van der Waals surface area (Å²) < 4.78 is 0. The van der Waals surface area contributed by atoms with E-state index < -0.39 is 5.60 Å². The van der Waals surface area contributed by atoms with Crippen LogP contribution in [0, 0.1) is 0 Å². The second-order valence-electron chi connectivity index (χ2n) is 5.82. The topological polar surface area (TPSA) is 32.3 Å². The first-order chi connectivity index (χ1) is 11.7. The van der Waals surface area contributed by atoms with Crippen LogP contribution in [-0.2, 0) is 12.1 Å². The smallest absolute Gasteiger partial charge is 0.127 e. The average molecular weight is 338 g/mol. The maximum atomic E-state index is 11.4. The van der Waals surface area contributed by atoms with Gasteiger partial charge in [0.05, 0.1) is 0 Å². The molecule has 0 fully saturated rings. The van der Waals surface area contributed by atoms with Crippen LogP contribution in [0.1, 0.15) is 16.7 Å². The second-order valence-corrected chi connectivity index (χ2v) is 6.26. The predicted octanol–water partition coefficient (Wildman–Crippen LogP) is 4.37. The van der Waals surface area contributed by atoms with Crippen LogP contribution in [0.15, 0.2) is 84.9 Å². The Morgan fingerprint density at radius 2 is 1.29 bits per heavy atom. The first kappa shape index (κ1) is 16.7. The number of nitrogens with one attached hydrogen (secondary N) is 1. The van der Waals surface area contributed by atoms with Crippen molar-refractivity contribution in [3.05, 3.63) is 107 Å². The van der Waals surface area contributed by atoms with Crippen LogP contribution in [0.5, 0.6) is 0 Å². The van der Waals surface area contributed by atoms with Gasteiger partial charge in [-0.2, -0.15) is 0 Å². The summed E-state index contributed by atoms with van der Waals surface area (Å²) in [5.74, 6) is 0. The highest BCUT2D eigenvalue weighted by Gasteiger charge is 2.31. The molecule has 2 nitrogen and oxygen atoms in total. The summed E-state index contributed by atoms with van der Waals surface area (Å²) in [6, 6.07) is 27.2. The zero-order valence-electron chi connectivity index (χ0n) is 13.3. The Bertz CT molecular complexity index is 759. The van der Waals surface area contributed by atoms with Crippen molar-refractivity contribution in [1.82, 2.24) is 5.32 Å². The van der Waals surface area contributed by atoms with Gasteiger partial charge in [-0.05, 0) is 28.8 Å². The quantitative estimate of drug-likeness (QED) is 0.700. The molecule has 0 saturated carbocycles. The van der Waals surface area contributed by atoms with E-state index >= 15 is 0 Å². The average Bonchev–Trinajstić information content (AvgIpc) is 2.64. The molecule has 24 heavy (non-hydrogen) atoms. The molecule has 0 aliphatic carbocycles. The molecule has 3 heteroatoms. The van der Waals surface area contributed by atoms with Crippen molar-refractivity contribution < 1.29 is 5.11 Å². The molecule has 2 N–H and O–H groups in total. The van der Waals surface area contributed by atoms with Gasteiger partial charge >= 0.3 is 0 Å². The highest BCUT2D eigenvalue weighted by molar-refractivity contribution is 6.30. The summed E-state index contributed by atoms with van der Waals surface area (Å²) in [5, 5.41) is 15.4. The van der Waals surface area contributed by atoms with Crippen LogP contribution in [0.4, 0.5) is 0 Å². The summed E-state index contributed by atoms with van der Waals surface area (Å²) in [4.78, 5) is 0. The van der Waals surface area contributed by atoms with Crippen molar-refractivity contribution in [2.45, 2.75) is 12.1 Å². The van der Waals surface area contributed by atoms with Crippen molar-refractivity contribution in [1.29, 1.82) is 0 Å². The largest absolute Gasteiger partial charge is 0.379 e. The fraction of sp³-hybridized carbons (Fsp3) is 0.143. The lowest BCUT2D eigenvalue weighted by Gasteiger charge is -2.30. The van der Waals surface area contributed by atoms with Crippen LogP contribution in [-0.4, -0.2) is 11.7 Å². The standard InChI is InChI=1S/C21H20ClNO/c22-20-13-11-19(12-14-20)21(24,18-9-5-2-6-10-18)16-23-15-17-7-3-1-4-8-17/h1-14,23-24H,15-16H2/t21-/m0/s1. The third-order valence-electron chi connectivity index (χ3n) is 4.13. The SMILES string of the molecule is O[C@@](CNCc1ccccc1)(c1ccccc1)c1ccc(Cl)cc1. The molecule has 0 saturated heterocycles. The lowest BCUT2D eigenvalue weighted by atomic mass is 9.86. The van der Waals surface area contributed by atoms with Crippen LogP contribution >= 0.6 is 11.6 Å². The van der Waals surface area contributed by atoms with E-state index in [4.69, 9.17) is 11.6 Å². The molecule has 0 radical (unpaired) electrons. The molecule has 0 bridgehead atoms. The summed E-state index contributed by atoms with van der Waals surface area (Å²) >= 11 is 5.99. The maximum absolute atomic E-state index is 11.4. The van der Waals surface area contributed by atoms with Gasteiger partial charge in [-0.25, -0.2) is 0 Å². The number of halogens is 1. The summed E-state index contributed by atoms with van der Waals surface area (Å²) in [6.07, 6.45) is 0. The molecule has 3 rings (SSSR count). The van der Waals surface area contributed by atoms with Gasteiger partial charge in [0, 0.05) is 18.1 Å². The minimum absolute atomic E-state index is 0.410. The van der Waals surface area contributed by atoms with E-state index in [2.05, 4.69) is 17.4 Å². The van der Waals surface area contributed by atoms with Gasteiger partial charge in [-0.1, -0.05) is 84.4 Å². The van der Waals surface area contributed by atoms with Gasteiger partial charge in [-0.3, -0.25) is 0 Å². The van der Waals surface area contributed by atoms with E-state index in [0.29, 0.717) is 18.1 Å². The minimum Gasteiger partial charge on any atom is -0.379 e. The van der Waals surface area contributed by atoms with E-state index in [1.165, 1.54) is 5.56 Å². The van der Waals surface area contributed by atoms with E-state index in [0.717, 1.165) is 11.1 Å². The van der Waals surface area contributed by atoms with E-state index in [1.807, 2.05) is 72.8 Å². The zero-order chi connectivity index (χ0) is 16.8. The highest BCUT2D eigenvalue weighted by Crippen LogP contribution is 2.30. The monoisotopic (exact) mass is 337 g/mol. The lowest BCUT2D eigenvalue weighted by molar-refractivity contribution is 0.0796. The van der Waals surface area contributed by atoms with Gasteiger partial charge in [0.1, 0.15) is 5.60 Å². The van der Waals surface area contributed by atoms with Crippen molar-refractivity contribution in [3.63, 3.8) is 0 Å². The molecule has 0 amide bonds. The zero-order valence-corrected chi connectivity index (χ0v) is 14.1. The van der Waals surface area contributed by atoms with Gasteiger partial charge in [0.15, 0.2) is 0 Å². The molecule has 0 aromatic heterocycles. The van der Waals surface area contributed by atoms with Crippen LogP contribution in [0.3, 0.4) is 0 Å². The Kier molecular flexibility index (Phi) is 5.31. The molecule has 0 aliphatic heterocycles. The predicted molar refractivity (Wildman–Crippen MR) is 99.0 cm³/mol. The van der Waals surface area contributed by atoms with Crippen LogP contribution in [0.2, 0.25) is 5.02 Å². The van der Waals surface area contributed by atoms with Crippen molar-refractivity contribution in [2.75, 3.05) is 6.54 Å². The number of hydrogen-bond donors (Lipinski definition) is 2. The first-order valence-corrected chi connectivity index (χ1v) is 8.35. The summed E-state index contributed by atoms with van der Waals surface area (Å²) in [7, 11) is 0. The van der Waals surface area contributed by atoms with Crippen molar-refractivity contribution in [3.8, 4) is 0 Å². The van der Waals surface area contributed by atoms with Crippen LogP contribution in [0.25, 0.3) is 0 Å². The van der Waals surface area contributed by atoms with E-state index in [9.17, 15) is 5.11 Å². The minimum atomic E-state index is -1.11. The van der Waals surface area contributed by atoms with E-state index in [-0.39, 0.29) is 0 Å². The highest BCUT2D eigenvalue weighted by atomic mass is 35.5. The van der Waals surface area contributed by atoms with Gasteiger partial charge in [-0.15, -0.1) is 0 Å². The Balaban J connectivity index is 1.83.